The molecule has 0 radical (unpaired) electrons. The second kappa shape index (κ2) is 19.5. The molecule has 0 fully saturated rings. The van der Waals surface area contributed by atoms with Gasteiger partial charge in [-0.3, -0.25) is 0 Å². The van der Waals surface area contributed by atoms with E-state index in [0.717, 1.165) is 23.4 Å². The fourth-order valence-electron chi connectivity index (χ4n) is 6.46. The molecule has 0 bridgehead atoms. The van der Waals surface area contributed by atoms with E-state index in [1.54, 1.807) is 0 Å². The Morgan fingerprint density at radius 2 is 1.15 bits per heavy atom. The van der Waals surface area contributed by atoms with E-state index in [4.69, 9.17) is 9.47 Å². The summed E-state index contributed by atoms with van der Waals surface area (Å²) in [5.41, 5.74) is 1.62. The van der Waals surface area contributed by atoms with Crippen molar-refractivity contribution in [3.8, 4) is 5.75 Å². The molecule has 0 heterocycles. The fraction of sp³-hybridized carbons (Fsp3) is 0.657. The molecular weight excluding hydrogens is 502 g/mol. The van der Waals surface area contributed by atoms with Crippen molar-refractivity contribution in [1.82, 2.24) is 0 Å². The number of unbranched alkanes of at least 4 members (excludes halogenated alkanes) is 4. The standard InChI is InChI=1S/C35H58NO2.ClH/c1-7-9-17-23-36(24-18-10-8-2,25-26-37-27-28-38-34-21-15-12-16-22-34)35(29-31(3)4,30-32(5)6)33-19-13-11-14-20-33;/h11-16,19-22,31-32H,7-10,17-18,23-30H2,1-6H3;1H/q+1;/p-1. The first-order chi connectivity index (χ1) is 18.4. The molecule has 39 heavy (non-hydrogen) atoms. The topological polar surface area (TPSA) is 18.5 Å². The second-order valence-electron chi connectivity index (χ2n) is 12.1. The van der Waals surface area contributed by atoms with E-state index in [1.165, 1.54) is 70.0 Å². The Morgan fingerprint density at radius 3 is 1.64 bits per heavy atom. The van der Waals surface area contributed by atoms with Gasteiger partial charge in [-0.1, -0.05) is 103 Å². The predicted octanol–water partition coefficient (Wildman–Crippen LogP) is 6.27. The van der Waals surface area contributed by atoms with Crippen LogP contribution < -0.4 is 17.1 Å². The third kappa shape index (κ3) is 11.5. The molecule has 0 spiro atoms. The van der Waals surface area contributed by atoms with Crippen LogP contribution in [-0.2, 0) is 10.3 Å². The molecule has 0 saturated heterocycles. The van der Waals surface area contributed by atoms with Gasteiger partial charge in [0.05, 0.1) is 26.3 Å². The second-order valence-corrected chi connectivity index (χ2v) is 12.1. The number of ether oxygens (including phenoxy) is 2. The van der Waals surface area contributed by atoms with E-state index in [1.807, 2.05) is 30.3 Å². The Bertz CT molecular complexity index is 820. The lowest BCUT2D eigenvalue weighted by atomic mass is 9.72. The molecule has 222 valence electrons. The molecule has 0 unspecified atom stereocenters. The highest BCUT2D eigenvalue weighted by molar-refractivity contribution is 5.23. The third-order valence-electron chi connectivity index (χ3n) is 7.99. The smallest absolute Gasteiger partial charge is 0.125 e. The minimum atomic E-state index is 0. The molecule has 2 rings (SSSR count). The van der Waals surface area contributed by atoms with Crippen molar-refractivity contribution in [3.63, 3.8) is 0 Å². The van der Waals surface area contributed by atoms with Gasteiger partial charge in [0.25, 0.3) is 0 Å². The molecule has 0 aliphatic carbocycles. The maximum Gasteiger partial charge on any atom is 0.125 e. The number of hydrogen-bond donors (Lipinski definition) is 0. The molecule has 0 N–H and O–H groups in total. The Balaban J connectivity index is 0.00000760. The lowest BCUT2D eigenvalue weighted by Gasteiger charge is -2.56. The van der Waals surface area contributed by atoms with Crippen LogP contribution in [0.1, 0.15) is 98.5 Å². The molecule has 0 aromatic heterocycles. The van der Waals surface area contributed by atoms with Crippen molar-refractivity contribution in [1.29, 1.82) is 0 Å². The summed E-state index contributed by atoms with van der Waals surface area (Å²) < 4.78 is 13.4. The Labute approximate surface area is 247 Å². The molecule has 4 heteroatoms. The first-order valence-electron chi connectivity index (χ1n) is 15.6. The van der Waals surface area contributed by atoms with Crippen LogP contribution in [0.15, 0.2) is 60.7 Å². The summed E-state index contributed by atoms with van der Waals surface area (Å²) in [4.78, 5) is 0. The molecule has 0 aliphatic rings. The van der Waals surface area contributed by atoms with Crippen molar-refractivity contribution in [2.45, 2.75) is 98.4 Å². The highest BCUT2D eigenvalue weighted by atomic mass is 35.5. The number of nitrogens with zero attached hydrogens (tertiary/aromatic N) is 1. The molecule has 0 amide bonds. The molecule has 0 saturated carbocycles. The van der Waals surface area contributed by atoms with Gasteiger partial charge in [-0.15, -0.1) is 0 Å². The van der Waals surface area contributed by atoms with E-state index in [0.29, 0.717) is 25.0 Å². The summed E-state index contributed by atoms with van der Waals surface area (Å²) in [5.74, 6) is 2.17. The average Bonchev–Trinajstić information content (AvgIpc) is 2.90. The summed E-state index contributed by atoms with van der Waals surface area (Å²) in [6, 6.07) is 21.6. The van der Waals surface area contributed by atoms with Gasteiger partial charge in [0, 0.05) is 18.4 Å². The van der Waals surface area contributed by atoms with Crippen LogP contribution in [-0.4, -0.2) is 43.9 Å². The van der Waals surface area contributed by atoms with Gasteiger partial charge < -0.3 is 26.4 Å². The molecule has 0 atom stereocenters. The zero-order chi connectivity index (χ0) is 27.7. The van der Waals surface area contributed by atoms with E-state index in [2.05, 4.69) is 71.9 Å². The van der Waals surface area contributed by atoms with Gasteiger partial charge in [0.15, 0.2) is 0 Å². The van der Waals surface area contributed by atoms with Crippen LogP contribution in [0.2, 0.25) is 0 Å². The minimum Gasteiger partial charge on any atom is -1.00 e. The number of rotatable bonds is 21. The average molecular weight is 560 g/mol. The summed E-state index contributed by atoms with van der Waals surface area (Å²) in [6.07, 6.45) is 10.1. The van der Waals surface area contributed by atoms with Crippen LogP contribution in [0, 0.1) is 11.8 Å². The Morgan fingerprint density at radius 1 is 0.641 bits per heavy atom. The highest BCUT2D eigenvalue weighted by Crippen LogP contribution is 2.46. The van der Waals surface area contributed by atoms with Crippen molar-refractivity contribution in [2.75, 3.05) is 39.5 Å². The van der Waals surface area contributed by atoms with E-state index >= 15 is 0 Å². The lowest BCUT2D eigenvalue weighted by molar-refractivity contribution is -0.986. The van der Waals surface area contributed by atoms with Crippen LogP contribution in [0.4, 0.5) is 0 Å². The summed E-state index contributed by atoms with van der Waals surface area (Å²) >= 11 is 0. The molecule has 2 aromatic carbocycles. The SMILES string of the molecule is CCCCC[N+](CCCCC)(CCOCCOc1ccccc1)C(CC(C)C)(CC(C)C)c1ccccc1.[Cl-]. The van der Waals surface area contributed by atoms with E-state index in [-0.39, 0.29) is 17.9 Å². The van der Waals surface area contributed by atoms with Crippen molar-refractivity contribution in [3.05, 3.63) is 66.2 Å². The number of halogens is 1. The highest BCUT2D eigenvalue weighted by Gasteiger charge is 2.51. The Hall–Kier alpha value is -1.55. The molecule has 0 aliphatic heterocycles. The van der Waals surface area contributed by atoms with Gasteiger partial charge in [-0.05, 0) is 49.7 Å². The zero-order valence-corrected chi connectivity index (χ0v) is 26.7. The summed E-state index contributed by atoms with van der Waals surface area (Å²) in [6.45, 7) is 19.9. The maximum atomic E-state index is 6.32. The molecular formula is C35H58ClNO2. The maximum absolute atomic E-state index is 6.32. The zero-order valence-electron chi connectivity index (χ0n) is 26.0. The Kier molecular flexibility index (Phi) is 17.8. The van der Waals surface area contributed by atoms with Gasteiger partial charge >= 0.3 is 0 Å². The fourth-order valence-corrected chi connectivity index (χ4v) is 6.46. The number of benzene rings is 2. The van der Waals surface area contributed by atoms with Crippen LogP contribution >= 0.6 is 0 Å². The van der Waals surface area contributed by atoms with Crippen LogP contribution in [0.5, 0.6) is 5.75 Å². The van der Waals surface area contributed by atoms with Crippen molar-refractivity contribution < 1.29 is 26.4 Å². The van der Waals surface area contributed by atoms with Gasteiger partial charge in [-0.25, -0.2) is 0 Å². The molecule has 2 aromatic rings. The third-order valence-corrected chi connectivity index (χ3v) is 7.99. The quantitative estimate of drug-likeness (QED) is 0.132. The normalized spacial score (nSPS) is 12.1. The first kappa shape index (κ1) is 35.5. The van der Waals surface area contributed by atoms with Crippen LogP contribution in [0.3, 0.4) is 0 Å². The first-order valence-corrected chi connectivity index (χ1v) is 15.6. The van der Waals surface area contributed by atoms with Gasteiger partial charge in [0.2, 0.25) is 0 Å². The number of para-hydroxylation sites is 1. The van der Waals surface area contributed by atoms with E-state index < -0.39 is 0 Å². The summed E-state index contributed by atoms with van der Waals surface area (Å²) in [7, 11) is 0. The van der Waals surface area contributed by atoms with Crippen LogP contribution in [0.25, 0.3) is 0 Å². The van der Waals surface area contributed by atoms with Crippen molar-refractivity contribution >= 4 is 0 Å². The number of hydrogen-bond acceptors (Lipinski definition) is 2. The minimum absolute atomic E-state index is 0. The van der Waals surface area contributed by atoms with E-state index in [9.17, 15) is 0 Å². The predicted molar refractivity (Wildman–Crippen MR) is 164 cm³/mol. The largest absolute Gasteiger partial charge is 1.00 e. The molecule has 3 nitrogen and oxygen atoms in total. The van der Waals surface area contributed by atoms with Gasteiger partial charge in [-0.2, -0.15) is 0 Å². The van der Waals surface area contributed by atoms with Gasteiger partial charge in [0.1, 0.15) is 24.4 Å². The van der Waals surface area contributed by atoms with Crippen molar-refractivity contribution in [2.24, 2.45) is 11.8 Å². The monoisotopic (exact) mass is 559 g/mol. The lowest BCUT2D eigenvalue weighted by Crippen LogP contribution is -3.00. The summed E-state index contributed by atoms with van der Waals surface area (Å²) in [5, 5.41) is 0. The number of quaternary nitrogens is 1.